The fourth-order valence-electron chi connectivity index (χ4n) is 3.12. The van der Waals surface area contributed by atoms with E-state index in [0.29, 0.717) is 5.88 Å². The molecule has 2 heterocycles. The van der Waals surface area contributed by atoms with Crippen molar-refractivity contribution < 1.29 is 0 Å². The normalized spacial score (nSPS) is 16.7. The summed E-state index contributed by atoms with van der Waals surface area (Å²) in [7, 11) is 4.32. The van der Waals surface area contributed by atoms with Gasteiger partial charge in [-0.2, -0.15) is 0 Å². The number of halogens is 1. The van der Waals surface area contributed by atoms with E-state index >= 15 is 0 Å². The van der Waals surface area contributed by atoms with Crippen molar-refractivity contribution in [2.45, 2.75) is 38.5 Å². The van der Waals surface area contributed by atoms with E-state index < -0.39 is 0 Å². The summed E-state index contributed by atoms with van der Waals surface area (Å²) in [5.74, 6) is 2.52. The molecule has 0 unspecified atom stereocenters. The van der Waals surface area contributed by atoms with Crippen molar-refractivity contribution in [2.24, 2.45) is 5.92 Å². The lowest BCUT2D eigenvalue weighted by Crippen LogP contribution is -2.37. The van der Waals surface area contributed by atoms with Crippen LogP contribution in [0.1, 0.15) is 37.4 Å². The number of rotatable bonds is 6. The van der Waals surface area contributed by atoms with Crippen molar-refractivity contribution in [2.75, 3.05) is 38.6 Å². The smallest absolute Gasteiger partial charge is 0.129 e. The van der Waals surface area contributed by atoms with Gasteiger partial charge in [0, 0.05) is 31.2 Å². The highest BCUT2D eigenvalue weighted by molar-refractivity contribution is 6.17. The van der Waals surface area contributed by atoms with Crippen molar-refractivity contribution in [1.82, 2.24) is 9.88 Å². The molecule has 0 aromatic carbocycles. The zero-order valence-corrected chi connectivity index (χ0v) is 14.4. The first-order valence-electron chi connectivity index (χ1n) is 8.07. The van der Waals surface area contributed by atoms with Crippen molar-refractivity contribution in [3.63, 3.8) is 0 Å². The number of nitrogens with zero attached hydrogens (tertiary/aromatic N) is 3. The van der Waals surface area contributed by atoms with Gasteiger partial charge in [0.2, 0.25) is 0 Å². The molecule has 0 N–H and O–H groups in total. The number of hydrogen-bond acceptors (Lipinski definition) is 3. The second kappa shape index (κ2) is 8.00. The first-order chi connectivity index (χ1) is 10.1. The Bertz CT molecular complexity index is 440. The zero-order valence-electron chi connectivity index (χ0n) is 13.6. The Morgan fingerprint density at radius 2 is 2.00 bits per heavy atom. The molecule has 0 spiro atoms. The maximum absolute atomic E-state index is 6.04. The molecule has 1 aromatic rings. The molecule has 2 rings (SSSR count). The van der Waals surface area contributed by atoms with Gasteiger partial charge in [0.05, 0.1) is 0 Å². The van der Waals surface area contributed by atoms with E-state index in [1.54, 1.807) is 0 Å². The van der Waals surface area contributed by atoms with Crippen LogP contribution < -0.4 is 4.90 Å². The first-order valence-corrected chi connectivity index (χ1v) is 8.61. The zero-order chi connectivity index (χ0) is 15.2. The van der Waals surface area contributed by atoms with Gasteiger partial charge in [-0.1, -0.05) is 13.3 Å². The monoisotopic (exact) mass is 309 g/mol. The van der Waals surface area contributed by atoms with Crippen molar-refractivity contribution >= 4 is 17.4 Å². The van der Waals surface area contributed by atoms with E-state index in [0.717, 1.165) is 37.7 Å². The van der Waals surface area contributed by atoms with Crippen molar-refractivity contribution in [1.29, 1.82) is 0 Å². The third-order valence-electron chi connectivity index (χ3n) is 4.15. The first kappa shape index (κ1) is 16.6. The molecule has 0 atom stereocenters. The van der Waals surface area contributed by atoms with Crippen LogP contribution in [-0.2, 0) is 12.3 Å². The van der Waals surface area contributed by atoms with Gasteiger partial charge in [0.15, 0.2) is 0 Å². The molecule has 118 valence electrons. The van der Waals surface area contributed by atoms with Gasteiger partial charge < -0.3 is 9.80 Å². The summed E-state index contributed by atoms with van der Waals surface area (Å²) in [5.41, 5.74) is 2.38. The lowest BCUT2D eigenvalue weighted by atomic mass is 9.96. The summed E-state index contributed by atoms with van der Waals surface area (Å²) in [6.45, 7) is 5.62. The summed E-state index contributed by atoms with van der Waals surface area (Å²) >= 11 is 6.04. The molecule has 0 bridgehead atoms. The SMILES string of the molecule is CCCc1cc(CCl)cc(N2CCC(CN(C)C)CC2)n1. The van der Waals surface area contributed by atoms with Crippen LogP contribution in [0.4, 0.5) is 5.82 Å². The van der Waals surface area contributed by atoms with Crippen LogP contribution in [0.5, 0.6) is 0 Å². The largest absolute Gasteiger partial charge is 0.357 e. The standard InChI is InChI=1S/C17H28ClN3/c1-4-5-16-10-15(12-18)11-17(19-16)21-8-6-14(7-9-21)13-20(2)3/h10-11,14H,4-9,12-13H2,1-3H3. The Balaban J connectivity index is 2.03. The molecule has 1 saturated heterocycles. The van der Waals surface area contributed by atoms with Crippen LogP contribution in [0.3, 0.4) is 0 Å². The highest BCUT2D eigenvalue weighted by atomic mass is 35.5. The number of anilines is 1. The average Bonchev–Trinajstić information content (AvgIpc) is 2.47. The minimum absolute atomic E-state index is 0.573. The molecule has 1 aliphatic heterocycles. The van der Waals surface area contributed by atoms with Crippen LogP contribution >= 0.6 is 11.6 Å². The number of piperidine rings is 1. The third kappa shape index (κ3) is 4.86. The summed E-state index contributed by atoms with van der Waals surface area (Å²) in [6, 6.07) is 4.32. The lowest BCUT2D eigenvalue weighted by Gasteiger charge is -2.34. The van der Waals surface area contributed by atoms with Gasteiger partial charge in [-0.25, -0.2) is 4.98 Å². The number of alkyl halides is 1. The number of pyridine rings is 1. The molecule has 1 fully saturated rings. The topological polar surface area (TPSA) is 19.4 Å². The van der Waals surface area contributed by atoms with Crippen LogP contribution in [0.2, 0.25) is 0 Å². The minimum Gasteiger partial charge on any atom is -0.357 e. The van der Waals surface area contributed by atoms with Crippen molar-refractivity contribution in [3.05, 3.63) is 23.4 Å². The molecule has 0 saturated carbocycles. The summed E-state index contributed by atoms with van der Waals surface area (Å²) < 4.78 is 0. The predicted octanol–water partition coefficient (Wildman–Crippen LogP) is 3.55. The van der Waals surface area contributed by atoms with E-state index in [9.17, 15) is 0 Å². The fraction of sp³-hybridized carbons (Fsp3) is 0.706. The van der Waals surface area contributed by atoms with E-state index in [1.807, 2.05) is 0 Å². The quantitative estimate of drug-likeness (QED) is 0.749. The summed E-state index contributed by atoms with van der Waals surface area (Å²) in [4.78, 5) is 9.57. The van der Waals surface area contributed by atoms with Gasteiger partial charge in [-0.3, -0.25) is 0 Å². The summed E-state index contributed by atoms with van der Waals surface area (Å²) in [5, 5.41) is 0. The second-order valence-corrected chi connectivity index (χ2v) is 6.67. The highest BCUT2D eigenvalue weighted by Gasteiger charge is 2.21. The van der Waals surface area contributed by atoms with E-state index in [4.69, 9.17) is 16.6 Å². The molecular weight excluding hydrogens is 282 g/mol. The van der Waals surface area contributed by atoms with Gasteiger partial charge >= 0.3 is 0 Å². The molecule has 21 heavy (non-hydrogen) atoms. The van der Waals surface area contributed by atoms with Gasteiger partial charge in [-0.15, -0.1) is 11.6 Å². The Morgan fingerprint density at radius 3 is 2.57 bits per heavy atom. The van der Waals surface area contributed by atoms with Crippen LogP contribution in [0.25, 0.3) is 0 Å². The molecule has 1 aromatic heterocycles. The molecule has 3 nitrogen and oxygen atoms in total. The molecule has 4 heteroatoms. The van der Waals surface area contributed by atoms with Gasteiger partial charge in [-0.05, 0) is 57.0 Å². The average molecular weight is 310 g/mol. The molecule has 0 amide bonds. The Hall–Kier alpha value is -0.800. The molecule has 1 aliphatic rings. The number of aryl methyl sites for hydroxylation is 1. The molecular formula is C17H28ClN3. The maximum atomic E-state index is 6.04. The van der Waals surface area contributed by atoms with Gasteiger partial charge in [0.25, 0.3) is 0 Å². The van der Waals surface area contributed by atoms with Crippen molar-refractivity contribution in [3.8, 4) is 0 Å². The summed E-state index contributed by atoms with van der Waals surface area (Å²) in [6.07, 6.45) is 4.68. The lowest BCUT2D eigenvalue weighted by molar-refractivity contribution is 0.284. The molecule has 0 aliphatic carbocycles. The van der Waals surface area contributed by atoms with Crippen LogP contribution in [0, 0.1) is 5.92 Å². The van der Waals surface area contributed by atoms with Crippen LogP contribution in [0.15, 0.2) is 12.1 Å². The van der Waals surface area contributed by atoms with E-state index in [-0.39, 0.29) is 0 Å². The highest BCUT2D eigenvalue weighted by Crippen LogP contribution is 2.24. The van der Waals surface area contributed by atoms with Crippen LogP contribution in [-0.4, -0.2) is 43.6 Å². The third-order valence-corrected chi connectivity index (χ3v) is 4.46. The van der Waals surface area contributed by atoms with E-state index in [1.165, 1.54) is 30.6 Å². The Morgan fingerprint density at radius 1 is 1.29 bits per heavy atom. The Labute approximate surface area is 134 Å². The maximum Gasteiger partial charge on any atom is 0.129 e. The second-order valence-electron chi connectivity index (χ2n) is 6.40. The Kier molecular flexibility index (Phi) is 6.31. The van der Waals surface area contributed by atoms with Gasteiger partial charge in [0.1, 0.15) is 5.82 Å². The molecule has 0 radical (unpaired) electrons. The predicted molar refractivity (Wildman–Crippen MR) is 91.3 cm³/mol. The minimum atomic E-state index is 0.573. The van der Waals surface area contributed by atoms with E-state index in [2.05, 4.69) is 43.0 Å². The fourth-order valence-corrected chi connectivity index (χ4v) is 3.27. The number of hydrogen-bond donors (Lipinski definition) is 0. The number of aromatic nitrogens is 1.